The molecule has 3 rings (SSSR count). The number of hydrogen-bond donors (Lipinski definition) is 2. The van der Waals surface area contributed by atoms with Crippen LogP contribution in [0.15, 0.2) is 48.5 Å². The molecule has 2 aromatic rings. The molecule has 2 atom stereocenters. The molecule has 19 heavy (non-hydrogen) atoms. The van der Waals surface area contributed by atoms with Crippen molar-refractivity contribution < 1.29 is 5.11 Å². The van der Waals surface area contributed by atoms with Crippen LogP contribution >= 0.6 is 0 Å². The summed E-state index contributed by atoms with van der Waals surface area (Å²) in [6.07, 6.45) is 0.408. The molecule has 0 radical (unpaired) electrons. The number of rotatable bonds is 2. The lowest BCUT2D eigenvalue weighted by Gasteiger charge is -2.24. The summed E-state index contributed by atoms with van der Waals surface area (Å²) in [5.74, 6) is 0. The molecule has 98 valence electrons. The van der Waals surface area contributed by atoms with Gasteiger partial charge in [0, 0.05) is 0 Å². The van der Waals surface area contributed by atoms with Crippen LogP contribution in [0.1, 0.15) is 41.3 Å². The number of likely N-dealkylation sites (N-methyl/N-ethyl adjacent to an activating group) is 1. The third-order valence-corrected chi connectivity index (χ3v) is 3.88. The Hall–Kier alpha value is -1.64. The molecule has 0 heterocycles. The molecule has 2 N–H and O–H groups in total. The largest absolute Gasteiger partial charge is 0.386 e. The van der Waals surface area contributed by atoms with Gasteiger partial charge in [0.25, 0.3) is 0 Å². The van der Waals surface area contributed by atoms with E-state index < -0.39 is 6.10 Å². The van der Waals surface area contributed by atoms with Crippen LogP contribution in [-0.2, 0) is 6.42 Å². The molecule has 2 aromatic carbocycles. The van der Waals surface area contributed by atoms with Crippen molar-refractivity contribution in [3.8, 4) is 0 Å². The van der Waals surface area contributed by atoms with E-state index in [4.69, 9.17) is 0 Å². The zero-order chi connectivity index (χ0) is 13.2. The second-order valence-electron chi connectivity index (χ2n) is 5.05. The Morgan fingerprint density at radius 1 is 1.00 bits per heavy atom. The first-order valence-electron chi connectivity index (χ1n) is 6.88. The number of aliphatic hydroxyl groups is 1. The third-order valence-electron chi connectivity index (χ3n) is 3.88. The number of hydrogen-bond acceptors (Lipinski definition) is 2. The summed E-state index contributed by atoms with van der Waals surface area (Å²) in [4.78, 5) is 0. The highest BCUT2D eigenvalue weighted by Crippen LogP contribution is 2.37. The smallest absolute Gasteiger partial charge is 0.0987 e. The molecule has 0 aromatic heterocycles. The molecule has 0 bridgehead atoms. The predicted octanol–water partition coefficient (Wildman–Crippen LogP) is 2.98. The minimum atomic E-state index is -0.486. The molecule has 0 amide bonds. The number of nitrogens with one attached hydrogen (secondary N) is 1. The lowest BCUT2D eigenvalue weighted by molar-refractivity contribution is 0.130. The highest BCUT2D eigenvalue weighted by molar-refractivity contribution is 5.43. The van der Waals surface area contributed by atoms with Crippen LogP contribution in [0, 0.1) is 0 Å². The van der Waals surface area contributed by atoms with E-state index in [1.54, 1.807) is 0 Å². The van der Waals surface area contributed by atoms with Gasteiger partial charge < -0.3 is 10.4 Å². The summed E-state index contributed by atoms with van der Waals surface area (Å²) < 4.78 is 0. The molecule has 0 saturated heterocycles. The number of fused-ring (bicyclic) bond motifs is 2. The lowest BCUT2D eigenvalue weighted by Crippen LogP contribution is -2.27. The van der Waals surface area contributed by atoms with E-state index >= 15 is 0 Å². The molecule has 1 aliphatic rings. The predicted molar refractivity (Wildman–Crippen MR) is 77.1 cm³/mol. The van der Waals surface area contributed by atoms with Crippen LogP contribution in [0.2, 0.25) is 0 Å². The lowest BCUT2D eigenvalue weighted by atomic mass is 9.96. The molecule has 0 spiro atoms. The topological polar surface area (TPSA) is 32.3 Å². The number of benzene rings is 2. The highest BCUT2D eigenvalue weighted by Gasteiger charge is 2.28. The third kappa shape index (κ3) is 2.18. The minimum Gasteiger partial charge on any atom is -0.386 e. The first kappa shape index (κ1) is 12.4. The Kier molecular flexibility index (Phi) is 3.36. The van der Waals surface area contributed by atoms with Gasteiger partial charge in [-0.05, 0) is 35.2 Å². The minimum absolute atomic E-state index is 0.0233. The van der Waals surface area contributed by atoms with Gasteiger partial charge in [0.15, 0.2) is 0 Å². The molecule has 1 aliphatic carbocycles. The summed E-state index contributed by atoms with van der Waals surface area (Å²) in [6, 6.07) is 16.6. The van der Waals surface area contributed by atoms with E-state index in [0.717, 1.165) is 18.5 Å². The van der Waals surface area contributed by atoms with Gasteiger partial charge in [-0.3, -0.25) is 0 Å². The molecule has 2 heteroatoms. The Morgan fingerprint density at radius 2 is 1.58 bits per heavy atom. The van der Waals surface area contributed by atoms with Crippen molar-refractivity contribution in [2.24, 2.45) is 0 Å². The normalized spacial score (nSPS) is 21.4. The fourth-order valence-electron chi connectivity index (χ4n) is 2.98. The van der Waals surface area contributed by atoms with Crippen molar-refractivity contribution in [2.75, 3.05) is 6.54 Å². The molecule has 0 fully saturated rings. The van der Waals surface area contributed by atoms with Crippen molar-refractivity contribution in [3.05, 3.63) is 70.8 Å². The van der Waals surface area contributed by atoms with Crippen LogP contribution < -0.4 is 5.32 Å². The van der Waals surface area contributed by atoms with Crippen molar-refractivity contribution >= 4 is 0 Å². The summed E-state index contributed by atoms with van der Waals surface area (Å²) >= 11 is 0. The summed E-state index contributed by atoms with van der Waals surface area (Å²) in [5, 5.41) is 14.1. The Bertz CT molecular complexity index is 579. The molecule has 0 aliphatic heterocycles. The summed E-state index contributed by atoms with van der Waals surface area (Å²) in [5.41, 5.74) is 4.79. The zero-order valence-electron chi connectivity index (χ0n) is 11.1. The maximum absolute atomic E-state index is 10.7. The Labute approximate surface area is 114 Å². The van der Waals surface area contributed by atoms with Gasteiger partial charge in [0.05, 0.1) is 12.1 Å². The average molecular weight is 253 g/mol. The van der Waals surface area contributed by atoms with Gasteiger partial charge in [0.2, 0.25) is 0 Å². The second kappa shape index (κ2) is 5.16. The van der Waals surface area contributed by atoms with E-state index in [1.165, 1.54) is 16.7 Å². The Balaban J connectivity index is 2.15. The summed E-state index contributed by atoms with van der Waals surface area (Å²) in [7, 11) is 0. The van der Waals surface area contributed by atoms with Gasteiger partial charge >= 0.3 is 0 Å². The quantitative estimate of drug-likeness (QED) is 0.862. The molecule has 2 nitrogen and oxygen atoms in total. The van der Waals surface area contributed by atoms with E-state index in [9.17, 15) is 5.11 Å². The van der Waals surface area contributed by atoms with Crippen LogP contribution in [0.3, 0.4) is 0 Å². The van der Waals surface area contributed by atoms with Crippen molar-refractivity contribution in [1.29, 1.82) is 0 Å². The molecular weight excluding hydrogens is 234 g/mol. The van der Waals surface area contributed by atoms with E-state index in [0.29, 0.717) is 0 Å². The maximum atomic E-state index is 10.7. The van der Waals surface area contributed by atoms with Crippen molar-refractivity contribution in [1.82, 2.24) is 5.32 Å². The SMILES string of the molecule is CCNC1c2ccccc2Cc2ccccc2C1O. The van der Waals surface area contributed by atoms with Crippen molar-refractivity contribution in [2.45, 2.75) is 25.5 Å². The fraction of sp³-hybridized carbons (Fsp3) is 0.294. The monoisotopic (exact) mass is 253 g/mol. The van der Waals surface area contributed by atoms with Crippen LogP contribution in [0.4, 0.5) is 0 Å². The second-order valence-corrected chi connectivity index (χ2v) is 5.05. The van der Waals surface area contributed by atoms with Gasteiger partial charge in [-0.2, -0.15) is 0 Å². The molecule has 2 unspecified atom stereocenters. The Morgan fingerprint density at radius 3 is 2.26 bits per heavy atom. The van der Waals surface area contributed by atoms with Crippen LogP contribution in [0.5, 0.6) is 0 Å². The van der Waals surface area contributed by atoms with Crippen LogP contribution in [0.25, 0.3) is 0 Å². The molecular formula is C17H19NO. The fourth-order valence-corrected chi connectivity index (χ4v) is 2.98. The van der Waals surface area contributed by atoms with Gasteiger partial charge in [0.1, 0.15) is 0 Å². The summed E-state index contributed by atoms with van der Waals surface area (Å²) in [6.45, 7) is 2.92. The van der Waals surface area contributed by atoms with Gasteiger partial charge in [-0.15, -0.1) is 0 Å². The maximum Gasteiger partial charge on any atom is 0.0987 e. The molecule has 0 saturated carbocycles. The van der Waals surface area contributed by atoms with E-state index in [2.05, 4.69) is 36.5 Å². The van der Waals surface area contributed by atoms with Gasteiger partial charge in [-0.1, -0.05) is 55.5 Å². The van der Waals surface area contributed by atoms with Crippen molar-refractivity contribution in [3.63, 3.8) is 0 Å². The first-order valence-corrected chi connectivity index (χ1v) is 6.88. The average Bonchev–Trinajstić information content (AvgIpc) is 2.56. The zero-order valence-corrected chi connectivity index (χ0v) is 11.1. The number of aliphatic hydroxyl groups excluding tert-OH is 1. The first-order chi connectivity index (χ1) is 9.31. The van der Waals surface area contributed by atoms with E-state index in [-0.39, 0.29) is 6.04 Å². The standard InChI is InChI=1S/C17H19NO/c1-2-18-16-14-9-5-3-7-12(14)11-13-8-4-6-10-15(13)17(16)19/h3-10,16-19H,2,11H2,1H3. The highest BCUT2D eigenvalue weighted by atomic mass is 16.3. The van der Waals surface area contributed by atoms with Crippen LogP contribution in [-0.4, -0.2) is 11.7 Å². The van der Waals surface area contributed by atoms with E-state index in [1.807, 2.05) is 24.3 Å². The van der Waals surface area contributed by atoms with Gasteiger partial charge in [-0.25, -0.2) is 0 Å².